The smallest absolute Gasteiger partial charge is 0.339 e. The van der Waals surface area contributed by atoms with Crippen molar-refractivity contribution in [2.75, 3.05) is 9.74 Å². The monoisotopic (exact) mass is 363 g/mol. The van der Waals surface area contributed by atoms with Crippen molar-refractivity contribution in [3.8, 4) is 5.75 Å². The van der Waals surface area contributed by atoms with Crippen LogP contribution in [0.2, 0.25) is 0 Å². The Morgan fingerprint density at radius 3 is 2.56 bits per heavy atom. The Bertz CT molecular complexity index is 500. The van der Waals surface area contributed by atoms with Crippen LogP contribution < -0.4 is 10.1 Å². The number of aromatic carboxylic acids is 1. The van der Waals surface area contributed by atoms with Crippen LogP contribution in [0.5, 0.6) is 5.75 Å². The van der Waals surface area contributed by atoms with E-state index in [2.05, 4.69) is 5.32 Å². The van der Waals surface area contributed by atoms with Crippen LogP contribution in [0.15, 0.2) is 18.2 Å². The van der Waals surface area contributed by atoms with Crippen LogP contribution in [-0.2, 0) is 9.59 Å². The van der Waals surface area contributed by atoms with Gasteiger partial charge in [0.05, 0.1) is 4.43 Å². The number of amides is 1. The maximum Gasteiger partial charge on any atom is 0.339 e. The Morgan fingerprint density at radius 1 is 1.39 bits per heavy atom. The molecule has 96 valence electrons. The van der Waals surface area contributed by atoms with Gasteiger partial charge in [0.1, 0.15) is 11.3 Å². The lowest BCUT2D eigenvalue weighted by molar-refractivity contribution is -0.131. The third-order valence-electron chi connectivity index (χ3n) is 1.87. The van der Waals surface area contributed by atoms with Gasteiger partial charge in [0.15, 0.2) is 0 Å². The van der Waals surface area contributed by atoms with Crippen molar-refractivity contribution in [2.45, 2.75) is 6.92 Å². The number of anilines is 1. The van der Waals surface area contributed by atoms with E-state index in [1.165, 1.54) is 25.1 Å². The number of hydrogen-bond donors (Lipinski definition) is 2. The molecule has 0 radical (unpaired) electrons. The number of carboxylic acid groups (broad SMARTS) is 1. The zero-order valence-corrected chi connectivity index (χ0v) is 11.6. The summed E-state index contributed by atoms with van der Waals surface area (Å²) in [5, 5.41) is 11.5. The van der Waals surface area contributed by atoms with Crippen LogP contribution in [0.25, 0.3) is 0 Å². The lowest BCUT2D eigenvalue weighted by Gasteiger charge is -2.08. The van der Waals surface area contributed by atoms with Gasteiger partial charge in [0.25, 0.3) is 0 Å². The molecule has 6 nitrogen and oxygen atoms in total. The van der Waals surface area contributed by atoms with Gasteiger partial charge in [0.2, 0.25) is 5.91 Å². The minimum atomic E-state index is -1.24. The van der Waals surface area contributed by atoms with Crippen molar-refractivity contribution >= 4 is 46.1 Å². The fraction of sp³-hybridized carbons (Fsp3) is 0.182. The van der Waals surface area contributed by atoms with Gasteiger partial charge in [0, 0.05) is 12.6 Å². The molecule has 0 aliphatic heterocycles. The summed E-state index contributed by atoms with van der Waals surface area (Å²) in [7, 11) is 0. The molecule has 0 spiro atoms. The molecule has 0 fully saturated rings. The number of carbonyl (C=O) groups is 3. The molecule has 0 bridgehead atoms. The molecule has 1 aromatic carbocycles. The number of carbonyl (C=O) groups excluding carboxylic acids is 2. The number of rotatable bonds is 4. The highest BCUT2D eigenvalue weighted by atomic mass is 127. The molecule has 0 atom stereocenters. The molecule has 2 N–H and O–H groups in total. The Labute approximate surface area is 116 Å². The van der Waals surface area contributed by atoms with E-state index >= 15 is 0 Å². The number of ether oxygens (including phenoxy) is 1. The van der Waals surface area contributed by atoms with Gasteiger partial charge in [-0.05, 0) is 18.2 Å². The second-order valence-corrected chi connectivity index (χ2v) is 4.05. The minimum absolute atomic E-state index is 0.0533. The molecule has 1 rings (SSSR count). The predicted octanol–water partition coefficient (Wildman–Crippen LogP) is 1.68. The van der Waals surface area contributed by atoms with Crippen molar-refractivity contribution < 1.29 is 24.2 Å². The number of hydrogen-bond acceptors (Lipinski definition) is 4. The van der Waals surface area contributed by atoms with Gasteiger partial charge in [-0.25, -0.2) is 4.79 Å². The Balaban J connectivity index is 3.06. The standard InChI is InChI=1S/C11H10INO5/c1-6(14)18-9-3-2-7(13-10(15)5-12)4-8(9)11(16)17/h2-4H,5H2,1H3,(H,13,15)(H,16,17). The number of halogens is 1. The van der Waals surface area contributed by atoms with E-state index in [4.69, 9.17) is 9.84 Å². The van der Waals surface area contributed by atoms with Crippen LogP contribution in [-0.4, -0.2) is 27.4 Å². The van der Waals surface area contributed by atoms with E-state index in [9.17, 15) is 14.4 Å². The quantitative estimate of drug-likeness (QED) is 0.368. The number of esters is 1. The molecule has 0 aliphatic rings. The van der Waals surface area contributed by atoms with Gasteiger partial charge < -0.3 is 15.2 Å². The van der Waals surface area contributed by atoms with Crippen molar-refractivity contribution in [1.82, 2.24) is 0 Å². The van der Waals surface area contributed by atoms with Crippen molar-refractivity contribution in [2.24, 2.45) is 0 Å². The van der Waals surface area contributed by atoms with Crippen LogP contribution in [0.1, 0.15) is 17.3 Å². The SMILES string of the molecule is CC(=O)Oc1ccc(NC(=O)CI)cc1C(=O)O. The predicted molar refractivity (Wildman–Crippen MR) is 72.2 cm³/mol. The highest BCUT2D eigenvalue weighted by Crippen LogP contribution is 2.23. The van der Waals surface area contributed by atoms with E-state index in [0.29, 0.717) is 5.69 Å². The van der Waals surface area contributed by atoms with Crippen molar-refractivity contribution in [1.29, 1.82) is 0 Å². The average molecular weight is 363 g/mol. The van der Waals surface area contributed by atoms with Crippen LogP contribution in [0.3, 0.4) is 0 Å². The topological polar surface area (TPSA) is 92.7 Å². The molecule has 0 saturated carbocycles. The van der Waals surface area contributed by atoms with Crippen LogP contribution in [0.4, 0.5) is 5.69 Å². The summed E-state index contributed by atoms with van der Waals surface area (Å²) >= 11 is 1.89. The first-order valence-electron chi connectivity index (χ1n) is 4.85. The van der Waals surface area contributed by atoms with E-state index in [1.54, 1.807) is 0 Å². The maximum absolute atomic E-state index is 11.2. The van der Waals surface area contributed by atoms with Gasteiger partial charge in [-0.15, -0.1) is 0 Å². The summed E-state index contributed by atoms with van der Waals surface area (Å²) in [6.45, 7) is 1.18. The summed E-state index contributed by atoms with van der Waals surface area (Å²) < 4.78 is 5.01. The number of nitrogens with one attached hydrogen (secondary N) is 1. The second kappa shape index (κ2) is 6.34. The van der Waals surface area contributed by atoms with Crippen LogP contribution >= 0.6 is 22.6 Å². The Hall–Kier alpha value is -1.64. The van der Waals surface area contributed by atoms with E-state index in [0.717, 1.165) is 0 Å². The third-order valence-corrected chi connectivity index (χ3v) is 2.56. The Kier molecular flexibility index (Phi) is 5.08. The van der Waals surface area contributed by atoms with Gasteiger partial charge in [-0.1, -0.05) is 22.6 Å². The summed E-state index contributed by atoms with van der Waals surface area (Å²) in [5.74, 6) is -2.15. The fourth-order valence-corrected chi connectivity index (χ4v) is 1.40. The van der Waals surface area contributed by atoms with Gasteiger partial charge >= 0.3 is 11.9 Å². The Morgan fingerprint density at radius 2 is 2.06 bits per heavy atom. The van der Waals surface area contributed by atoms with E-state index in [1.807, 2.05) is 22.6 Å². The van der Waals surface area contributed by atoms with Gasteiger partial charge in [-0.2, -0.15) is 0 Å². The molecule has 0 aliphatic carbocycles. The summed E-state index contributed by atoms with van der Waals surface area (Å²) in [6, 6.07) is 4.04. The third kappa shape index (κ3) is 3.99. The number of benzene rings is 1. The largest absolute Gasteiger partial charge is 0.478 e. The molecule has 0 unspecified atom stereocenters. The first kappa shape index (κ1) is 14.4. The van der Waals surface area contributed by atoms with Crippen LogP contribution in [0, 0.1) is 0 Å². The number of alkyl halides is 1. The zero-order chi connectivity index (χ0) is 13.7. The summed E-state index contributed by atoms with van der Waals surface area (Å²) in [6.07, 6.45) is 0. The lowest BCUT2D eigenvalue weighted by atomic mass is 10.1. The zero-order valence-electron chi connectivity index (χ0n) is 9.40. The minimum Gasteiger partial charge on any atom is -0.478 e. The summed E-state index contributed by atoms with van der Waals surface area (Å²) in [5.41, 5.74) is 0.154. The average Bonchev–Trinajstić information content (AvgIpc) is 2.30. The molecule has 0 heterocycles. The van der Waals surface area contributed by atoms with E-state index in [-0.39, 0.29) is 21.6 Å². The molecule has 1 aromatic rings. The first-order chi connectivity index (χ1) is 8.43. The first-order valence-corrected chi connectivity index (χ1v) is 6.38. The highest BCUT2D eigenvalue weighted by Gasteiger charge is 2.14. The van der Waals surface area contributed by atoms with E-state index < -0.39 is 11.9 Å². The molecular weight excluding hydrogens is 353 g/mol. The molecule has 7 heteroatoms. The lowest BCUT2D eigenvalue weighted by Crippen LogP contribution is -2.13. The van der Waals surface area contributed by atoms with Crippen molar-refractivity contribution in [3.05, 3.63) is 23.8 Å². The second-order valence-electron chi connectivity index (χ2n) is 3.29. The maximum atomic E-state index is 11.2. The molecule has 0 saturated heterocycles. The summed E-state index contributed by atoms with van der Waals surface area (Å²) in [4.78, 5) is 33.0. The normalized spacial score (nSPS) is 9.67. The molecule has 1 amide bonds. The highest BCUT2D eigenvalue weighted by molar-refractivity contribution is 14.1. The number of carboxylic acids is 1. The van der Waals surface area contributed by atoms with Crippen molar-refractivity contribution in [3.63, 3.8) is 0 Å². The molecule has 18 heavy (non-hydrogen) atoms. The van der Waals surface area contributed by atoms with Gasteiger partial charge in [-0.3, -0.25) is 9.59 Å². The molecule has 0 aromatic heterocycles. The molecular formula is C11H10INO5. The fourth-order valence-electron chi connectivity index (χ4n) is 1.21.